The molecular weight excluding hydrogens is 382 g/mol. The van der Waals surface area contributed by atoms with Gasteiger partial charge in [0.25, 0.3) is 5.91 Å². The van der Waals surface area contributed by atoms with Crippen molar-refractivity contribution in [3.63, 3.8) is 0 Å². The highest BCUT2D eigenvalue weighted by atomic mass is 35.5. The first-order valence-corrected chi connectivity index (χ1v) is 9.88. The molecule has 0 bridgehead atoms. The van der Waals surface area contributed by atoms with E-state index in [9.17, 15) is 4.79 Å². The first-order valence-electron chi connectivity index (χ1n) is 8.69. The van der Waals surface area contributed by atoms with Crippen LogP contribution in [0.2, 0.25) is 5.02 Å². The van der Waals surface area contributed by atoms with E-state index in [1.807, 2.05) is 49.7 Å². The van der Waals surface area contributed by atoms with Crippen LogP contribution in [-0.4, -0.2) is 32.2 Å². The van der Waals surface area contributed by atoms with Crippen LogP contribution in [-0.2, 0) is 0 Å². The molecule has 0 aliphatic rings. The van der Waals surface area contributed by atoms with E-state index in [0.717, 1.165) is 21.3 Å². The lowest BCUT2D eigenvalue weighted by atomic mass is 10.2. The predicted molar refractivity (Wildman–Crippen MR) is 110 cm³/mol. The average Bonchev–Trinajstić information content (AvgIpc) is 3.25. The number of hydrogen-bond donors (Lipinski definition) is 0. The van der Waals surface area contributed by atoms with Gasteiger partial charge in [0.1, 0.15) is 0 Å². The average molecular weight is 400 g/mol. The highest BCUT2D eigenvalue weighted by Crippen LogP contribution is 2.31. The summed E-state index contributed by atoms with van der Waals surface area (Å²) >= 11 is 7.52. The Morgan fingerprint density at radius 1 is 1.30 bits per heavy atom. The van der Waals surface area contributed by atoms with Gasteiger partial charge in [-0.15, -0.1) is 0 Å². The van der Waals surface area contributed by atoms with Gasteiger partial charge in [-0.25, -0.2) is 14.6 Å². The zero-order valence-corrected chi connectivity index (χ0v) is 16.8. The molecule has 4 rings (SSSR count). The molecular formula is C19H18ClN5OS. The van der Waals surface area contributed by atoms with Crippen molar-refractivity contribution in [2.75, 3.05) is 11.4 Å². The molecule has 0 atom stereocenters. The second-order valence-electron chi connectivity index (χ2n) is 6.48. The quantitative estimate of drug-likeness (QED) is 0.487. The van der Waals surface area contributed by atoms with Gasteiger partial charge in [0.15, 0.2) is 10.8 Å². The molecule has 0 aliphatic carbocycles. The van der Waals surface area contributed by atoms with Crippen LogP contribution in [0.25, 0.3) is 21.3 Å². The summed E-state index contributed by atoms with van der Waals surface area (Å²) in [7, 11) is 0. The minimum absolute atomic E-state index is 0.130. The minimum atomic E-state index is -0.130. The van der Waals surface area contributed by atoms with E-state index in [-0.39, 0.29) is 11.9 Å². The van der Waals surface area contributed by atoms with Gasteiger partial charge in [-0.1, -0.05) is 22.9 Å². The molecule has 0 saturated carbocycles. The third kappa shape index (κ3) is 3.17. The van der Waals surface area contributed by atoms with Crippen LogP contribution < -0.4 is 4.90 Å². The third-order valence-electron chi connectivity index (χ3n) is 4.30. The van der Waals surface area contributed by atoms with Crippen molar-refractivity contribution < 1.29 is 4.79 Å². The lowest BCUT2D eigenvalue weighted by molar-refractivity contribution is 0.0988. The Kier molecular flexibility index (Phi) is 4.57. The number of thiazole rings is 1. The number of carbonyl (C=O) groups excluding carboxylic acids is 1. The highest BCUT2D eigenvalue weighted by Gasteiger charge is 2.21. The van der Waals surface area contributed by atoms with Crippen LogP contribution in [0.15, 0.2) is 36.7 Å². The summed E-state index contributed by atoms with van der Waals surface area (Å²) in [5.74, 6) is -0.130. The summed E-state index contributed by atoms with van der Waals surface area (Å²) in [6, 6.07) is 7.60. The standard InChI is InChI=1S/C19H18ClN5OS/c1-4-24(19-23-15-8-14(20)5-6-16(15)27-19)18(26)13-7-12-10-22-25(11(2)3)17(12)21-9-13/h5-11H,4H2,1-3H3. The van der Waals surface area contributed by atoms with E-state index in [2.05, 4.69) is 15.1 Å². The van der Waals surface area contributed by atoms with Gasteiger partial charge in [-0.2, -0.15) is 5.10 Å². The van der Waals surface area contributed by atoms with E-state index in [1.54, 1.807) is 17.3 Å². The first kappa shape index (κ1) is 17.9. The molecule has 0 unspecified atom stereocenters. The van der Waals surface area contributed by atoms with Crippen LogP contribution in [0.3, 0.4) is 0 Å². The molecule has 1 aromatic carbocycles. The van der Waals surface area contributed by atoms with E-state index >= 15 is 0 Å². The monoisotopic (exact) mass is 399 g/mol. The number of rotatable bonds is 4. The fraction of sp³-hybridized carbons (Fsp3) is 0.263. The van der Waals surface area contributed by atoms with Crippen LogP contribution in [0, 0.1) is 0 Å². The number of hydrogen-bond acceptors (Lipinski definition) is 5. The SMILES string of the molecule is CCN(C(=O)c1cnc2c(cnn2C(C)C)c1)c1nc2cc(Cl)ccc2s1. The number of fused-ring (bicyclic) bond motifs is 2. The normalized spacial score (nSPS) is 11.6. The molecule has 0 spiro atoms. The van der Waals surface area contributed by atoms with Gasteiger partial charge < -0.3 is 0 Å². The molecule has 27 heavy (non-hydrogen) atoms. The molecule has 0 radical (unpaired) electrons. The smallest absolute Gasteiger partial charge is 0.261 e. The second-order valence-corrected chi connectivity index (χ2v) is 7.92. The van der Waals surface area contributed by atoms with Crippen LogP contribution in [0.1, 0.15) is 37.2 Å². The number of anilines is 1. The molecule has 0 N–H and O–H groups in total. The number of nitrogens with zero attached hydrogens (tertiary/aromatic N) is 5. The van der Waals surface area contributed by atoms with E-state index < -0.39 is 0 Å². The molecule has 138 valence electrons. The van der Waals surface area contributed by atoms with Crippen LogP contribution in [0.4, 0.5) is 5.13 Å². The molecule has 3 aromatic heterocycles. The molecule has 0 saturated heterocycles. The predicted octanol–water partition coefficient (Wildman–Crippen LogP) is 4.94. The van der Waals surface area contributed by atoms with Crippen LogP contribution in [0.5, 0.6) is 0 Å². The van der Waals surface area contributed by atoms with Crippen molar-refractivity contribution in [2.24, 2.45) is 0 Å². The van der Waals surface area contributed by atoms with E-state index in [4.69, 9.17) is 11.6 Å². The topological polar surface area (TPSA) is 63.9 Å². The maximum atomic E-state index is 13.1. The fourth-order valence-electron chi connectivity index (χ4n) is 2.96. The second kappa shape index (κ2) is 6.90. The third-order valence-corrected chi connectivity index (χ3v) is 5.59. The van der Waals surface area contributed by atoms with Crippen molar-refractivity contribution in [1.82, 2.24) is 19.7 Å². The minimum Gasteiger partial charge on any atom is -0.284 e. The molecule has 8 heteroatoms. The van der Waals surface area contributed by atoms with Gasteiger partial charge >= 0.3 is 0 Å². The van der Waals surface area contributed by atoms with Crippen molar-refractivity contribution in [2.45, 2.75) is 26.8 Å². The van der Waals surface area contributed by atoms with Gasteiger partial charge in [0, 0.05) is 29.2 Å². The Morgan fingerprint density at radius 3 is 2.85 bits per heavy atom. The number of halogens is 1. The van der Waals surface area contributed by atoms with Gasteiger partial charge in [-0.05, 0) is 45.0 Å². The lowest BCUT2D eigenvalue weighted by Crippen LogP contribution is -2.30. The first-order chi connectivity index (χ1) is 13.0. The molecule has 6 nitrogen and oxygen atoms in total. The summed E-state index contributed by atoms with van der Waals surface area (Å²) in [6.45, 7) is 6.53. The molecule has 1 amide bonds. The molecule has 3 heterocycles. The molecule has 0 fully saturated rings. The maximum Gasteiger partial charge on any atom is 0.261 e. The number of pyridine rings is 1. The van der Waals surface area contributed by atoms with Gasteiger partial charge in [-0.3, -0.25) is 9.69 Å². The summed E-state index contributed by atoms with van der Waals surface area (Å²) in [6.07, 6.45) is 3.35. The highest BCUT2D eigenvalue weighted by molar-refractivity contribution is 7.22. The van der Waals surface area contributed by atoms with Crippen molar-refractivity contribution in [3.8, 4) is 0 Å². The summed E-state index contributed by atoms with van der Waals surface area (Å²) < 4.78 is 2.84. The molecule has 0 aliphatic heterocycles. The number of carbonyl (C=O) groups is 1. The van der Waals surface area contributed by atoms with Gasteiger partial charge in [0.05, 0.1) is 22.0 Å². The van der Waals surface area contributed by atoms with Crippen molar-refractivity contribution >= 4 is 55.2 Å². The fourth-order valence-corrected chi connectivity index (χ4v) is 4.13. The Hall–Kier alpha value is -2.51. The number of benzene rings is 1. The summed E-state index contributed by atoms with van der Waals surface area (Å²) in [4.78, 5) is 23.8. The van der Waals surface area contributed by atoms with E-state index in [0.29, 0.717) is 22.3 Å². The number of amides is 1. The zero-order chi connectivity index (χ0) is 19.1. The Bertz CT molecular complexity index is 1150. The zero-order valence-electron chi connectivity index (χ0n) is 15.2. The molecule has 4 aromatic rings. The maximum absolute atomic E-state index is 13.1. The van der Waals surface area contributed by atoms with Crippen molar-refractivity contribution in [3.05, 3.63) is 47.2 Å². The van der Waals surface area contributed by atoms with Gasteiger partial charge in [0.2, 0.25) is 0 Å². The van der Waals surface area contributed by atoms with Crippen molar-refractivity contribution in [1.29, 1.82) is 0 Å². The Morgan fingerprint density at radius 2 is 2.11 bits per heavy atom. The summed E-state index contributed by atoms with van der Waals surface area (Å²) in [5.41, 5.74) is 2.09. The Labute approximate surface area is 165 Å². The number of aromatic nitrogens is 4. The largest absolute Gasteiger partial charge is 0.284 e. The summed E-state index contributed by atoms with van der Waals surface area (Å²) in [5, 5.41) is 6.49. The lowest BCUT2D eigenvalue weighted by Gasteiger charge is -2.17. The Balaban J connectivity index is 1.71. The van der Waals surface area contributed by atoms with E-state index in [1.165, 1.54) is 11.3 Å². The van der Waals surface area contributed by atoms with Crippen LogP contribution >= 0.6 is 22.9 Å².